The van der Waals surface area contributed by atoms with E-state index >= 15 is 0 Å². The smallest absolute Gasteiger partial charge is 0.241 e. The minimum absolute atomic E-state index is 0.00671. The Morgan fingerprint density at radius 1 is 1.42 bits per heavy atom. The van der Waals surface area contributed by atoms with Crippen LogP contribution in [0.3, 0.4) is 0 Å². The van der Waals surface area contributed by atoms with E-state index in [-0.39, 0.29) is 11.0 Å². The molecule has 1 aromatic carbocycles. The van der Waals surface area contributed by atoms with E-state index < -0.39 is 10.0 Å². The van der Waals surface area contributed by atoms with Crippen molar-refractivity contribution < 1.29 is 13.2 Å². The second kappa shape index (κ2) is 6.35. The Hall–Kier alpha value is -0.430. The molecular weight excluding hydrogens is 330 g/mol. The van der Waals surface area contributed by atoms with Crippen LogP contribution >= 0.6 is 15.9 Å². The molecule has 4 nitrogen and oxygen atoms in total. The largest absolute Gasteiger partial charge is 0.377 e. The van der Waals surface area contributed by atoms with Crippen LogP contribution in [0.25, 0.3) is 0 Å². The van der Waals surface area contributed by atoms with Gasteiger partial charge in [0.25, 0.3) is 0 Å². The fourth-order valence-corrected chi connectivity index (χ4v) is 4.33. The molecule has 2 rings (SSSR count). The van der Waals surface area contributed by atoms with E-state index in [1.165, 1.54) is 0 Å². The maximum Gasteiger partial charge on any atom is 0.241 e. The quantitative estimate of drug-likeness (QED) is 0.910. The number of aryl methyl sites for hydroxylation is 1. The van der Waals surface area contributed by atoms with Crippen LogP contribution in [0.2, 0.25) is 0 Å². The van der Waals surface area contributed by atoms with Crippen molar-refractivity contribution in [3.05, 3.63) is 28.2 Å². The molecular formula is C13H18BrNO3S. The summed E-state index contributed by atoms with van der Waals surface area (Å²) in [6, 6.07) is 5.20. The number of halogens is 1. The third-order valence-corrected chi connectivity index (χ3v) is 5.55. The van der Waals surface area contributed by atoms with Crippen LogP contribution in [0.15, 0.2) is 27.6 Å². The first-order chi connectivity index (χ1) is 8.99. The Morgan fingerprint density at radius 2 is 2.21 bits per heavy atom. The molecule has 19 heavy (non-hydrogen) atoms. The highest BCUT2D eigenvalue weighted by molar-refractivity contribution is 9.10. The van der Waals surface area contributed by atoms with E-state index in [1.54, 1.807) is 18.2 Å². The molecule has 1 fully saturated rings. The molecule has 1 heterocycles. The van der Waals surface area contributed by atoms with E-state index in [0.29, 0.717) is 11.0 Å². The summed E-state index contributed by atoms with van der Waals surface area (Å²) in [4.78, 5) is 0.272. The summed E-state index contributed by atoms with van der Waals surface area (Å²) in [5, 5.41) is 0. The predicted octanol–water partition coefficient (Wildman–Crippen LogP) is 2.60. The van der Waals surface area contributed by atoms with Gasteiger partial charge in [-0.15, -0.1) is 0 Å². The van der Waals surface area contributed by atoms with Gasteiger partial charge in [0.1, 0.15) is 0 Å². The molecule has 1 aromatic rings. The summed E-state index contributed by atoms with van der Waals surface area (Å²) < 4.78 is 33.2. The third-order valence-electron chi connectivity index (χ3n) is 3.15. The van der Waals surface area contributed by atoms with Crippen molar-refractivity contribution in [2.24, 2.45) is 0 Å². The zero-order valence-electron chi connectivity index (χ0n) is 10.9. The van der Waals surface area contributed by atoms with Crippen molar-refractivity contribution in [3.8, 4) is 0 Å². The van der Waals surface area contributed by atoms with Crippen molar-refractivity contribution in [1.82, 2.24) is 4.72 Å². The van der Waals surface area contributed by atoms with Crippen molar-refractivity contribution in [2.45, 2.75) is 37.2 Å². The van der Waals surface area contributed by atoms with Crippen LogP contribution in [-0.4, -0.2) is 27.7 Å². The van der Waals surface area contributed by atoms with Crippen LogP contribution in [0.4, 0.5) is 0 Å². The maximum absolute atomic E-state index is 12.2. The summed E-state index contributed by atoms with van der Waals surface area (Å²) in [5.74, 6) is 0. The van der Waals surface area contributed by atoms with Gasteiger partial charge in [-0.1, -0.05) is 6.07 Å². The highest BCUT2D eigenvalue weighted by Crippen LogP contribution is 2.23. The standard InChI is InChI=1S/C13H18BrNO3S/c1-10-5-6-13(12(14)8-10)19(16,17)15-9-11-4-2-3-7-18-11/h5-6,8,11,15H,2-4,7,9H2,1H3. The van der Waals surface area contributed by atoms with Gasteiger partial charge in [0.2, 0.25) is 10.0 Å². The zero-order chi connectivity index (χ0) is 13.9. The molecule has 1 atom stereocenters. The summed E-state index contributed by atoms with van der Waals surface area (Å²) in [5.41, 5.74) is 1.02. The Labute approximate surface area is 122 Å². The molecule has 1 N–H and O–H groups in total. The van der Waals surface area contributed by atoms with Crippen LogP contribution in [-0.2, 0) is 14.8 Å². The average Bonchev–Trinajstić information content (AvgIpc) is 2.37. The molecule has 0 saturated carbocycles. The number of ether oxygens (including phenoxy) is 1. The lowest BCUT2D eigenvalue weighted by Gasteiger charge is -2.22. The number of nitrogens with one attached hydrogen (secondary N) is 1. The monoisotopic (exact) mass is 347 g/mol. The summed E-state index contributed by atoms with van der Waals surface area (Å²) in [7, 11) is -3.48. The molecule has 1 aliphatic rings. The second-order valence-corrected chi connectivity index (χ2v) is 7.36. The molecule has 106 valence electrons. The average molecular weight is 348 g/mol. The first-order valence-electron chi connectivity index (χ1n) is 6.36. The maximum atomic E-state index is 12.2. The molecule has 0 amide bonds. The zero-order valence-corrected chi connectivity index (χ0v) is 13.3. The van der Waals surface area contributed by atoms with Gasteiger partial charge >= 0.3 is 0 Å². The van der Waals surface area contributed by atoms with Crippen LogP contribution in [0.5, 0.6) is 0 Å². The van der Waals surface area contributed by atoms with Crippen molar-refractivity contribution in [2.75, 3.05) is 13.2 Å². The van der Waals surface area contributed by atoms with Gasteiger partial charge in [-0.25, -0.2) is 13.1 Å². The molecule has 0 radical (unpaired) electrons. The van der Waals surface area contributed by atoms with Gasteiger partial charge in [0, 0.05) is 17.6 Å². The number of hydrogen-bond donors (Lipinski definition) is 1. The SMILES string of the molecule is Cc1ccc(S(=O)(=O)NCC2CCCCO2)c(Br)c1. The molecule has 0 aromatic heterocycles. The molecule has 0 bridgehead atoms. The third kappa shape index (κ3) is 4.02. The fraction of sp³-hybridized carbons (Fsp3) is 0.538. The van der Waals surface area contributed by atoms with Crippen LogP contribution in [0, 0.1) is 6.92 Å². The predicted molar refractivity (Wildman–Crippen MR) is 77.7 cm³/mol. The first-order valence-corrected chi connectivity index (χ1v) is 8.64. The topological polar surface area (TPSA) is 55.4 Å². The summed E-state index contributed by atoms with van der Waals surface area (Å²) in [6.45, 7) is 2.98. The molecule has 1 saturated heterocycles. The molecule has 6 heteroatoms. The van der Waals surface area contributed by atoms with Crippen molar-refractivity contribution in [3.63, 3.8) is 0 Å². The van der Waals surface area contributed by atoms with Gasteiger partial charge < -0.3 is 4.74 Å². The van der Waals surface area contributed by atoms with E-state index in [4.69, 9.17) is 4.74 Å². The van der Waals surface area contributed by atoms with E-state index in [0.717, 1.165) is 31.4 Å². The van der Waals surface area contributed by atoms with E-state index in [1.807, 2.05) is 6.92 Å². The highest BCUT2D eigenvalue weighted by atomic mass is 79.9. The molecule has 1 aliphatic heterocycles. The van der Waals surface area contributed by atoms with Crippen molar-refractivity contribution >= 4 is 26.0 Å². The number of benzene rings is 1. The van der Waals surface area contributed by atoms with Gasteiger partial charge in [-0.2, -0.15) is 0 Å². The Bertz CT molecular complexity index is 539. The van der Waals surface area contributed by atoms with Crippen molar-refractivity contribution in [1.29, 1.82) is 0 Å². The van der Waals surface area contributed by atoms with E-state index in [2.05, 4.69) is 20.7 Å². The Kier molecular flexibility index (Phi) is 5.00. The lowest BCUT2D eigenvalue weighted by Crippen LogP contribution is -2.35. The van der Waals surface area contributed by atoms with Gasteiger partial charge in [0.15, 0.2) is 0 Å². The molecule has 0 aliphatic carbocycles. The second-order valence-electron chi connectivity index (χ2n) is 4.77. The minimum Gasteiger partial charge on any atom is -0.377 e. The van der Waals surface area contributed by atoms with Gasteiger partial charge in [-0.05, 0) is 59.8 Å². The molecule has 1 unspecified atom stereocenters. The van der Waals surface area contributed by atoms with Gasteiger partial charge in [-0.3, -0.25) is 0 Å². The van der Waals surface area contributed by atoms with Crippen LogP contribution < -0.4 is 4.72 Å². The lowest BCUT2D eigenvalue weighted by atomic mass is 10.1. The van der Waals surface area contributed by atoms with Gasteiger partial charge in [0.05, 0.1) is 11.0 Å². The Morgan fingerprint density at radius 3 is 2.84 bits per heavy atom. The Balaban J connectivity index is 2.05. The fourth-order valence-electron chi connectivity index (χ4n) is 2.07. The number of sulfonamides is 1. The van der Waals surface area contributed by atoms with Crippen LogP contribution in [0.1, 0.15) is 24.8 Å². The first kappa shape index (κ1) is 15.0. The lowest BCUT2D eigenvalue weighted by molar-refractivity contribution is 0.0200. The normalized spacial score (nSPS) is 20.4. The number of hydrogen-bond acceptors (Lipinski definition) is 3. The number of rotatable bonds is 4. The minimum atomic E-state index is -3.48. The summed E-state index contributed by atoms with van der Waals surface area (Å²) >= 11 is 3.30. The molecule has 0 spiro atoms. The van der Waals surface area contributed by atoms with E-state index in [9.17, 15) is 8.42 Å². The highest BCUT2D eigenvalue weighted by Gasteiger charge is 2.21. The summed E-state index contributed by atoms with van der Waals surface area (Å²) in [6.07, 6.45) is 3.07.